The van der Waals surface area contributed by atoms with Gasteiger partial charge >= 0.3 is 54.0 Å². The van der Waals surface area contributed by atoms with Crippen LogP contribution in [0.15, 0.2) is 0 Å². The molecule has 0 fully saturated rings. The Morgan fingerprint density at radius 1 is 1.17 bits per heavy atom. The van der Waals surface area contributed by atoms with Crippen LogP contribution < -0.4 is 0 Å². The second kappa shape index (κ2) is 15.7. The monoisotopic (exact) mass is 228 g/mol. The molecule has 0 atom stereocenters. The summed E-state index contributed by atoms with van der Waals surface area (Å²) < 4.78 is 0. The van der Waals surface area contributed by atoms with Gasteiger partial charge in [0.25, 0.3) is 0 Å². The number of aliphatic hydroxyl groups excluding tert-OH is 2. The van der Waals surface area contributed by atoms with Gasteiger partial charge in [-0.05, 0) is 0 Å². The van der Waals surface area contributed by atoms with Gasteiger partial charge in [-0.2, -0.15) is 0 Å². The summed E-state index contributed by atoms with van der Waals surface area (Å²) in [5, 5.41) is 15.2. The molecule has 0 bridgehead atoms. The first-order chi connectivity index (χ1) is 2.91. The molecule has 2 nitrogen and oxygen atoms in total. The van der Waals surface area contributed by atoms with Gasteiger partial charge in [-0.3, -0.25) is 0 Å². The van der Waals surface area contributed by atoms with Crippen LogP contribution in [0, 0.1) is 0 Å². The van der Waals surface area contributed by atoms with Crippen molar-refractivity contribution < 1.29 is 10.2 Å². The molecular formula is C2H6IKO2. The third-order valence-electron chi connectivity index (χ3n) is 0.1000. The number of hydrogen-bond donors (Lipinski definition) is 2. The molecule has 0 unspecified atom stereocenters. The van der Waals surface area contributed by atoms with E-state index in [9.17, 15) is 0 Å². The number of hydrogen-bond acceptors (Lipinski definition) is 2. The molecule has 0 heterocycles. The Balaban J connectivity index is 0. The van der Waals surface area contributed by atoms with Crippen molar-refractivity contribution in [2.24, 2.45) is 0 Å². The van der Waals surface area contributed by atoms with Crippen LogP contribution in [0.5, 0.6) is 0 Å². The van der Waals surface area contributed by atoms with E-state index in [-0.39, 0.29) is 13.2 Å². The summed E-state index contributed by atoms with van der Waals surface area (Å²) in [6.45, 7) is -0.250. The summed E-state index contributed by atoms with van der Waals surface area (Å²) in [5.41, 5.74) is 0. The topological polar surface area (TPSA) is 40.5 Å². The summed E-state index contributed by atoms with van der Waals surface area (Å²) in [5.74, 6) is 0. The normalized spacial score (nSPS) is 6.17. The number of aliphatic hydroxyl groups is 2. The zero-order chi connectivity index (χ0) is 5.41. The van der Waals surface area contributed by atoms with E-state index in [4.69, 9.17) is 10.2 Å². The van der Waals surface area contributed by atoms with Crippen LogP contribution in [0.1, 0.15) is 0 Å². The molecule has 0 saturated heterocycles. The Bertz CT molecular complexity index is 13.5. The Hall–Kier alpha value is 2.29. The molecule has 6 heavy (non-hydrogen) atoms. The first-order valence-electron chi connectivity index (χ1n) is 1.51. The third-order valence-corrected chi connectivity index (χ3v) is 0.1000. The molecule has 0 radical (unpaired) electrons. The van der Waals surface area contributed by atoms with Crippen molar-refractivity contribution >= 4 is 54.0 Å². The van der Waals surface area contributed by atoms with Gasteiger partial charge in [-0.25, -0.2) is 0 Å². The van der Waals surface area contributed by atoms with Crippen LogP contribution in [-0.2, 0) is 0 Å². The minimum atomic E-state index is -0.125. The molecule has 0 spiro atoms. The van der Waals surface area contributed by atoms with Crippen molar-refractivity contribution in [3.05, 3.63) is 0 Å². The van der Waals surface area contributed by atoms with E-state index in [0.717, 1.165) is 42.7 Å². The van der Waals surface area contributed by atoms with E-state index < -0.39 is 0 Å². The van der Waals surface area contributed by atoms with Gasteiger partial charge in [0.05, 0.1) is 13.2 Å². The van der Waals surface area contributed by atoms with E-state index in [1.54, 1.807) is 0 Å². The van der Waals surface area contributed by atoms with Crippen molar-refractivity contribution in [2.75, 3.05) is 13.2 Å². The zero-order valence-corrected chi connectivity index (χ0v) is 8.97. The predicted octanol–water partition coefficient (Wildman–Crippen LogP) is -0.524. The van der Waals surface area contributed by atoms with Crippen molar-refractivity contribution in [1.29, 1.82) is 0 Å². The van der Waals surface area contributed by atoms with Crippen molar-refractivity contribution in [3.8, 4) is 0 Å². The standard InChI is InChI=1S/C2H6O2.HI.K/c3-1-2-4;;/h3-4H,1-2H2;1H;/q;;+1/p-1. The van der Waals surface area contributed by atoms with Crippen molar-refractivity contribution in [3.63, 3.8) is 0 Å². The molecule has 0 aromatic rings. The van der Waals surface area contributed by atoms with Crippen LogP contribution in [-0.4, -0.2) is 66.1 Å². The molecular weight excluding hydrogens is 222 g/mol. The summed E-state index contributed by atoms with van der Waals surface area (Å²) in [4.78, 5) is 0. The van der Waals surface area contributed by atoms with E-state index in [0.29, 0.717) is 0 Å². The average Bonchev–Trinajstić information content (AvgIpc) is 1.72. The first kappa shape index (κ1) is 11.1. The van der Waals surface area contributed by atoms with Gasteiger partial charge in [0.2, 0.25) is 0 Å². The zero-order valence-electron chi connectivity index (χ0n) is 3.69. The molecule has 0 amide bonds. The fourth-order valence-electron chi connectivity index (χ4n) is 0. The van der Waals surface area contributed by atoms with E-state index in [2.05, 4.69) is 11.3 Å². The van der Waals surface area contributed by atoms with Crippen molar-refractivity contribution in [1.82, 2.24) is 0 Å². The van der Waals surface area contributed by atoms with Gasteiger partial charge in [0.15, 0.2) is 0 Å². The predicted molar refractivity (Wildman–Crippen MR) is 33.9 cm³/mol. The average molecular weight is 228 g/mol. The summed E-state index contributed by atoms with van der Waals surface area (Å²) in [7, 11) is 0. The van der Waals surface area contributed by atoms with Gasteiger partial charge in [-0.15, -0.1) is 0 Å². The second-order valence-corrected chi connectivity index (χ2v) is 0.447. The quantitative estimate of drug-likeness (QED) is 0.468. The van der Waals surface area contributed by atoms with Crippen molar-refractivity contribution in [2.45, 2.75) is 0 Å². The first-order valence-corrected chi connectivity index (χ1v) is 11.6. The van der Waals surface area contributed by atoms with E-state index in [1.807, 2.05) is 0 Å². The molecule has 0 aromatic heterocycles. The van der Waals surface area contributed by atoms with Gasteiger partial charge < -0.3 is 10.2 Å². The van der Waals surface area contributed by atoms with Crippen LogP contribution >= 0.6 is 11.3 Å². The molecule has 0 aliphatic heterocycles. The molecule has 0 aliphatic rings. The Kier molecular flexibility index (Phi) is 29.1. The molecule has 2 N–H and O–H groups in total. The Labute approximate surface area is 75.4 Å². The third kappa shape index (κ3) is 16.3. The van der Waals surface area contributed by atoms with Gasteiger partial charge in [0, 0.05) is 0 Å². The van der Waals surface area contributed by atoms with Crippen LogP contribution in [0.4, 0.5) is 0 Å². The Morgan fingerprint density at radius 3 is 1.33 bits per heavy atom. The molecule has 4 heteroatoms. The molecule has 0 rings (SSSR count). The maximum atomic E-state index is 7.62. The Morgan fingerprint density at radius 2 is 1.33 bits per heavy atom. The SMILES string of the molecule is OCCO.[K][I]. The van der Waals surface area contributed by atoms with Crippen LogP contribution in [0.3, 0.4) is 0 Å². The maximum absolute atomic E-state index is 7.62. The molecule has 0 aliphatic carbocycles. The summed E-state index contributed by atoms with van der Waals surface area (Å²) in [6.07, 6.45) is 0. The van der Waals surface area contributed by atoms with Crippen LogP contribution in [0.25, 0.3) is 0 Å². The van der Waals surface area contributed by atoms with Crippen LogP contribution in [0.2, 0.25) is 0 Å². The number of rotatable bonds is 1. The molecule has 34 valence electrons. The van der Waals surface area contributed by atoms with E-state index in [1.165, 1.54) is 0 Å². The van der Waals surface area contributed by atoms with Gasteiger partial charge in [-0.1, -0.05) is 0 Å². The molecule has 0 aromatic carbocycles. The fraction of sp³-hybridized carbons (Fsp3) is 1.00. The molecule has 0 saturated carbocycles. The fourth-order valence-corrected chi connectivity index (χ4v) is 0. The minimum absolute atomic E-state index is 0.125. The summed E-state index contributed by atoms with van der Waals surface area (Å²) in [6, 6.07) is 0. The van der Waals surface area contributed by atoms with E-state index >= 15 is 0 Å². The summed E-state index contributed by atoms with van der Waals surface area (Å²) >= 11 is 3.37. The number of halogens is 1. The second-order valence-electron chi connectivity index (χ2n) is 0.447. The van der Waals surface area contributed by atoms with Gasteiger partial charge in [0.1, 0.15) is 0 Å².